The summed E-state index contributed by atoms with van der Waals surface area (Å²) in [5, 5.41) is 3.15. The maximum Gasteiger partial charge on any atom is 0.246 e. The fourth-order valence-electron chi connectivity index (χ4n) is 4.73. The molecule has 0 radical (unpaired) electrons. The van der Waals surface area contributed by atoms with E-state index >= 15 is 0 Å². The van der Waals surface area contributed by atoms with Crippen LogP contribution >= 0.6 is 11.6 Å². The number of carbonyl (C=O) groups excluding carboxylic acids is 1. The number of rotatable bonds is 8. The molecule has 202 valence electrons. The average molecular weight is 570 g/mol. The van der Waals surface area contributed by atoms with Gasteiger partial charge in [0.05, 0.1) is 17.9 Å². The van der Waals surface area contributed by atoms with Crippen LogP contribution in [0.4, 0.5) is 0 Å². The molecular formula is C25H32ClN3O6S2. The minimum absolute atomic E-state index is 0.0249. The fourth-order valence-corrected chi connectivity index (χ4v) is 8.19. The van der Waals surface area contributed by atoms with E-state index in [0.29, 0.717) is 32.5 Å². The van der Waals surface area contributed by atoms with Crippen LogP contribution in [0.25, 0.3) is 0 Å². The van der Waals surface area contributed by atoms with Crippen LogP contribution in [0, 0.1) is 5.92 Å². The number of halogens is 1. The van der Waals surface area contributed by atoms with E-state index < -0.39 is 26.0 Å². The molecule has 12 heteroatoms. The first-order chi connectivity index (χ1) is 17.6. The molecule has 2 fully saturated rings. The summed E-state index contributed by atoms with van der Waals surface area (Å²) >= 11 is 6.03. The van der Waals surface area contributed by atoms with Crippen molar-refractivity contribution < 1.29 is 26.4 Å². The smallest absolute Gasteiger partial charge is 0.246 e. The molecule has 0 aliphatic carbocycles. The lowest BCUT2D eigenvalue weighted by molar-refractivity contribution is -0.126. The Morgan fingerprint density at radius 3 is 2.30 bits per heavy atom. The molecule has 4 rings (SSSR count). The molecule has 0 bridgehead atoms. The molecule has 1 unspecified atom stereocenters. The summed E-state index contributed by atoms with van der Waals surface area (Å²) in [4.78, 5) is 13.1. The van der Waals surface area contributed by atoms with Crippen molar-refractivity contribution in [2.24, 2.45) is 5.92 Å². The standard InChI is InChI=1S/C25H32ClN3O6S2/c1-35-23-12-9-21(26)16-24(23)37(33,34)29-15-5-6-20(18-29)25(30)27-17-19-7-10-22(11-8-19)36(31,32)28-13-3-2-4-14-28/h7-12,16,20H,2-6,13-15,17-18H2,1H3,(H,27,30). The van der Waals surface area contributed by atoms with E-state index in [1.807, 2.05) is 0 Å². The number of hydrogen-bond acceptors (Lipinski definition) is 6. The summed E-state index contributed by atoms with van der Waals surface area (Å²) < 4.78 is 60.3. The Morgan fingerprint density at radius 2 is 1.62 bits per heavy atom. The highest BCUT2D eigenvalue weighted by molar-refractivity contribution is 7.89. The highest BCUT2D eigenvalue weighted by Gasteiger charge is 2.35. The van der Waals surface area contributed by atoms with Crippen LogP contribution in [-0.4, -0.2) is 64.6 Å². The SMILES string of the molecule is COc1ccc(Cl)cc1S(=O)(=O)N1CCCC(C(=O)NCc2ccc(S(=O)(=O)N3CCCCC3)cc2)C1. The van der Waals surface area contributed by atoms with Gasteiger partial charge in [0, 0.05) is 37.7 Å². The van der Waals surface area contributed by atoms with Crippen molar-refractivity contribution in [3.63, 3.8) is 0 Å². The summed E-state index contributed by atoms with van der Waals surface area (Å²) in [6.07, 6.45) is 3.90. The second-order valence-electron chi connectivity index (χ2n) is 9.32. The number of ether oxygens (including phenoxy) is 1. The third kappa shape index (κ3) is 6.28. The van der Waals surface area contributed by atoms with Gasteiger partial charge in [-0.25, -0.2) is 16.8 Å². The largest absolute Gasteiger partial charge is 0.495 e. The number of nitrogens with zero attached hydrogens (tertiary/aromatic N) is 2. The summed E-state index contributed by atoms with van der Waals surface area (Å²) in [6, 6.07) is 10.9. The number of amides is 1. The van der Waals surface area contributed by atoms with E-state index in [1.54, 1.807) is 30.3 Å². The Hall–Kier alpha value is -2.18. The van der Waals surface area contributed by atoms with Gasteiger partial charge in [-0.05, 0) is 61.6 Å². The van der Waals surface area contributed by atoms with Crippen molar-refractivity contribution in [2.45, 2.75) is 48.4 Å². The molecule has 1 amide bonds. The lowest BCUT2D eigenvalue weighted by Crippen LogP contribution is -2.45. The van der Waals surface area contributed by atoms with Gasteiger partial charge in [-0.3, -0.25) is 4.79 Å². The van der Waals surface area contributed by atoms with Gasteiger partial charge in [-0.2, -0.15) is 8.61 Å². The number of sulfonamides is 2. The van der Waals surface area contributed by atoms with E-state index in [1.165, 1.54) is 27.9 Å². The van der Waals surface area contributed by atoms with Crippen LogP contribution in [0.3, 0.4) is 0 Å². The Bertz CT molecular complexity index is 1330. The summed E-state index contributed by atoms with van der Waals surface area (Å²) in [7, 11) is -6.02. The molecule has 1 atom stereocenters. The third-order valence-corrected chi connectivity index (χ3v) is 10.9. The molecule has 37 heavy (non-hydrogen) atoms. The maximum absolute atomic E-state index is 13.3. The lowest BCUT2D eigenvalue weighted by Gasteiger charge is -2.31. The molecule has 2 aromatic carbocycles. The van der Waals surface area contributed by atoms with Crippen molar-refractivity contribution in [3.8, 4) is 5.75 Å². The van der Waals surface area contributed by atoms with E-state index in [4.69, 9.17) is 16.3 Å². The number of methoxy groups -OCH3 is 1. The van der Waals surface area contributed by atoms with Crippen molar-refractivity contribution in [2.75, 3.05) is 33.3 Å². The summed E-state index contributed by atoms with van der Waals surface area (Å²) in [5.41, 5.74) is 0.759. The van der Waals surface area contributed by atoms with Crippen LogP contribution in [0.15, 0.2) is 52.3 Å². The van der Waals surface area contributed by atoms with E-state index in [2.05, 4.69) is 5.32 Å². The van der Waals surface area contributed by atoms with Gasteiger partial charge < -0.3 is 10.1 Å². The van der Waals surface area contributed by atoms with E-state index in [0.717, 1.165) is 24.8 Å². The summed E-state index contributed by atoms with van der Waals surface area (Å²) in [5.74, 6) is -0.558. The van der Waals surface area contributed by atoms with Gasteiger partial charge in [0.15, 0.2) is 0 Å². The van der Waals surface area contributed by atoms with Crippen molar-refractivity contribution >= 4 is 37.6 Å². The highest BCUT2D eigenvalue weighted by atomic mass is 35.5. The molecular weight excluding hydrogens is 538 g/mol. The van der Waals surface area contributed by atoms with E-state index in [9.17, 15) is 21.6 Å². The first-order valence-corrected chi connectivity index (χ1v) is 15.6. The number of benzene rings is 2. The predicted octanol–water partition coefficient (Wildman–Crippen LogP) is 3.24. The van der Waals surface area contributed by atoms with Crippen LogP contribution in [0.1, 0.15) is 37.7 Å². The fraction of sp³-hybridized carbons (Fsp3) is 0.480. The second-order valence-corrected chi connectivity index (χ2v) is 13.6. The minimum Gasteiger partial charge on any atom is -0.495 e. The van der Waals surface area contributed by atoms with Crippen molar-refractivity contribution in [1.29, 1.82) is 0 Å². The van der Waals surface area contributed by atoms with Gasteiger partial charge >= 0.3 is 0 Å². The van der Waals surface area contributed by atoms with Crippen molar-refractivity contribution in [1.82, 2.24) is 13.9 Å². The van der Waals surface area contributed by atoms with Gasteiger partial charge in [0.25, 0.3) is 0 Å². The predicted molar refractivity (Wildman–Crippen MR) is 140 cm³/mol. The van der Waals surface area contributed by atoms with Crippen LogP contribution < -0.4 is 10.1 Å². The van der Waals surface area contributed by atoms with Crippen LogP contribution in [-0.2, 0) is 31.4 Å². The zero-order valence-electron chi connectivity index (χ0n) is 20.7. The zero-order valence-corrected chi connectivity index (χ0v) is 23.1. The Morgan fingerprint density at radius 1 is 0.946 bits per heavy atom. The van der Waals surface area contributed by atoms with E-state index in [-0.39, 0.29) is 39.6 Å². The van der Waals surface area contributed by atoms with Crippen molar-refractivity contribution in [3.05, 3.63) is 53.1 Å². The van der Waals surface area contributed by atoms with Crippen LogP contribution in [0.2, 0.25) is 5.02 Å². The third-order valence-electron chi connectivity index (χ3n) is 6.84. The average Bonchev–Trinajstić information content (AvgIpc) is 2.92. The molecule has 2 heterocycles. The lowest BCUT2D eigenvalue weighted by atomic mass is 9.99. The minimum atomic E-state index is -3.91. The van der Waals surface area contributed by atoms with Gasteiger partial charge in [-0.1, -0.05) is 30.2 Å². The molecule has 2 saturated heterocycles. The first-order valence-electron chi connectivity index (χ1n) is 12.3. The zero-order chi connectivity index (χ0) is 26.6. The number of carbonyl (C=O) groups is 1. The number of nitrogens with one attached hydrogen (secondary N) is 1. The quantitative estimate of drug-likeness (QED) is 0.522. The summed E-state index contributed by atoms with van der Waals surface area (Å²) in [6.45, 7) is 1.65. The van der Waals surface area contributed by atoms with Gasteiger partial charge in [0.1, 0.15) is 10.6 Å². The van der Waals surface area contributed by atoms with Gasteiger partial charge in [-0.15, -0.1) is 0 Å². The number of hydrogen-bond donors (Lipinski definition) is 1. The Labute approximate surface area is 223 Å². The second kappa shape index (κ2) is 11.7. The molecule has 2 aliphatic heterocycles. The Kier molecular flexibility index (Phi) is 8.80. The van der Waals surface area contributed by atoms with Gasteiger partial charge in [0.2, 0.25) is 26.0 Å². The highest BCUT2D eigenvalue weighted by Crippen LogP contribution is 2.32. The molecule has 9 nitrogen and oxygen atoms in total. The van der Waals surface area contributed by atoms with Crippen LogP contribution in [0.5, 0.6) is 5.75 Å². The molecule has 0 aromatic heterocycles. The first kappa shape index (κ1) is 27.8. The molecule has 2 aliphatic rings. The molecule has 1 N–H and O–H groups in total. The maximum atomic E-state index is 13.3. The topological polar surface area (TPSA) is 113 Å². The molecule has 2 aromatic rings. The molecule has 0 spiro atoms. The Balaban J connectivity index is 1.38. The normalized spacial score (nSPS) is 19.9. The monoisotopic (exact) mass is 569 g/mol. The molecule has 0 saturated carbocycles. The number of piperidine rings is 2.